The number of aromatic nitrogens is 7. The predicted molar refractivity (Wildman–Crippen MR) is 313 cm³/mol. The monoisotopic (exact) mass is 1220 g/mol. The highest BCUT2D eigenvalue weighted by molar-refractivity contribution is 7.15. The quantitative estimate of drug-likeness (QED) is 0.0631. The Labute approximate surface area is 493 Å². The fraction of sp³-hybridized carbons (Fsp3) is 0.333. The number of carbonyl (C=O) groups excluding carboxylic acids is 6. The largest absolute Gasteiger partial charge is 0.481 e. The minimum atomic E-state index is -1.27. The number of fused-ring (bicyclic) bond motifs is 14. The zero-order valence-electron chi connectivity index (χ0n) is 44.9. The fourth-order valence-electron chi connectivity index (χ4n) is 8.67. The van der Waals surface area contributed by atoms with E-state index in [1.165, 1.54) is 87.1 Å². The molecule has 28 heteroatoms. The number of anilines is 1. The van der Waals surface area contributed by atoms with E-state index in [4.69, 9.17) is 44.7 Å². The first-order valence-electron chi connectivity index (χ1n) is 25.5. The summed E-state index contributed by atoms with van der Waals surface area (Å²) in [6.07, 6.45) is -1.48. The average molecular weight is 1220 g/mol. The van der Waals surface area contributed by atoms with Crippen molar-refractivity contribution in [3.05, 3.63) is 111 Å². The topological polar surface area (TPSA) is 311 Å². The molecule has 82 heavy (non-hydrogen) atoms. The zero-order valence-corrected chi connectivity index (χ0v) is 49.8. The molecule has 1 aliphatic rings. The number of aliphatic carboxylic acids is 1. The van der Waals surface area contributed by atoms with Crippen molar-refractivity contribution in [3.8, 4) is 43.4 Å². The summed E-state index contributed by atoms with van der Waals surface area (Å²) in [6.45, 7) is 5.15. The lowest BCUT2D eigenvalue weighted by Gasteiger charge is -2.23. The number of methoxy groups -OCH3 is 1. The Morgan fingerprint density at radius 1 is 0.756 bits per heavy atom. The Kier molecular flexibility index (Phi) is 18.9. The predicted octanol–water partition coefficient (Wildman–Crippen LogP) is 8.42. The Bertz CT molecular complexity index is 3680. The highest BCUT2D eigenvalue weighted by Crippen LogP contribution is 2.41. The number of aliphatic hydroxyl groups is 1. The van der Waals surface area contributed by atoms with Gasteiger partial charge in [0, 0.05) is 78.3 Å². The number of ketones is 1. The van der Waals surface area contributed by atoms with Crippen LogP contribution in [0.3, 0.4) is 0 Å². The Morgan fingerprint density at radius 3 is 2.21 bits per heavy atom. The number of carbonyl (C=O) groups is 7. The molecule has 22 nitrogen and oxygen atoms in total. The van der Waals surface area contributed by atoms with Gasteiger partial charge >= 0.3 is 5.97 Å². The van der Waals surface area contributed by atoms with E-state index < -0.39 is 54.3 Å². The lowest BCUT2D eigenvalue weighted by Crippen LogP contribution is -2.40. The van der Waals surface area contributed by atoms with E-state index in [-0.39, 0.29) is 79.3 Å². The molecule has 8 heterocycles. The van der Waals surface area contributed by atoms with Gasteiger partial charge in [0.2, 0.25) is 17.7 Å². The number of aryl methyl sites for hydroxylation is 1. The van der Waals surface area contributed by atoms with Gasteiger partial charge in [0.1, 0.15) is 77.2 Å². The molecule has 0 saturated heterocycles. The van der Waals surface area contributed by atoms with Crippen molar-refractivity contribution in [1.82, 2.24) is 56.2 Å². The number of benzene rings is 1. The van der Waals surface area contributed by atoms with Crippen molar-refractivity contribution >= 4 is 115 Å². The van der Waals surface area contributed by atoms with Gasteiger partial charge in [0.15, 0.2) is 5.78 Å². The molecule has 426 valence electrons. The standard InChI is InChI=1S/C54H54N12O10S6/c1-25(2)29-17-35(67)42-26(3)81-53(64-42)31(18-38(68)55-4)58-47(74)33-22-77-49(60-33)28-15-16-30(51-62-37(24-80-51)66(5)40(70)13-10-14-41(71)72)57-43(28)32-21-78-52(59-32)34-23-79-54(61-34)45(46(73)27-11-8-7-9-12-27)63-39(69)19-56-48(75)44-36(20-76-6)82-50(29)65-44/h7-9,11-12,15-16,21-25,29,31,45-46,73H,10,13-14,17-20H2,1-6H3,(H,55,68)(H,56,75)(H,58,74)(H,63,69)(H,71,72)/t29-,31-,45-,46-/m0/s1. The molecule has 4 atom stereocenters. The van der Waals surface area contributed by atoms with Crippen molar-refractivity contribution in [2.75, 3.05) is 32.6 Å². The van der Waals surface area contributed by atoms with Crippen LogP contribution in [-0.4, -0.2) is 114 Å². The molecule has 1 aliphatic heterocycles. The van der Waals surface area contributed by atoms with Crippen LogP contribution in [-0.2, 0) is 30.5 Å². The molecule has 10 bridgehead atoms. The molecule has 9 rings (SSSR count). The van der Waals surface area contributed by atoms with Gasteiger partial charge in [0.05, 0.1) is 41.2 Å². The van der Waals surface area contributed by atoms with Crippen LogP contribution < -0.4 is 26.2 Å². The minimum Gasteiger partial charge on any atom is -0.481 e. The molecule has 0 radical (unpaired) electrons. The third-order valence-corrected chi connectivity index (χ3v) is 18.9. The second-order valence-electron chi connectivity index (χ2n) is 19.1. The molecule has 7 aromatic heterocycles. The summed E-state index contributed by atoms with van der Waals surface area (Å²) >= 11 is 7.28. The molecule has 6 N–H and O–H groups in total. The number of rotatable bonds is 13. The molecule has 0 saturated carbocycles. The lowest BCUT2D eigenvalue weighted by atomic mass is 9.90. The number of ether oxygens (including phenoxy) is 1. The molecule has 5 amide bonds. The summed E-state index contributed by atoms with van der Waals surface area (Å²) in [7, 11) is 4.52. The summed E-state index contributed by atoms with van der Waals surface area (Å²) in [4.78, 5) is 130. The van der Waals surface area contributed by atoms with Gasteiger partial charge in [-0.1, -0.05) is 44.2 Å². The van der Waals surface area contributed by atoms with Crippen molar-refractivity contribution in [2.24, 2.45) is 5.92 Å². The summed E-state index contributed by atoms with van der Waals surface area (Å²) in [5.41, 5.74) is 2.85. The van der Waals surface area contributed by atoms with E-state index >= 15 is 0 Å². The first kappa shape index (κ1) is 59.2. The Morgan fingerprint density at radius 2 is 1.46 bits per heavy atom. The molecule has 0 fully saturated rings. The highest BCUT2D eigenvalue weighted by Gasteiger charge is 2.33. The molecule has 1 aromatic carbocycles. The number of thiazole rings is 6. The Balaban J connectivity index is 1.12. The Hall–Kier alpha value is -7.44. The van der Waals surface area contributed by atoms with Gasteiger partial charge in [-0.25, -0.2) is 34.9 Å². The van der Waals surface area contributed by atoms with E-state index in [0.717, 1.165) is 0 Å². The maximum absolute atomic E-state index is 14.3. The van der Waals surface area contributed by atoms with E-state index in [2.05, 4.69) is 21.3 Å². The smallest absolute Gasteiger partial charge is 0.303 e. The van der Waals surface area contributed by atoms with Crippen LogP contribution in [0, 0.1) is 12.8 Å². The first-order valence-corrected chi connectivity index (χ1v) is 30.7. The SMILES string of the molecule is CNC(=O)C[C@@H]1NC(=O)c2csc(n2)-c2ccc(-c3nc(N(C)C(=O)CCCC(=O)O)cs3)nc2-c2csc(n2)-c2csc(n2)[C@H]([C@@H](O)c2ccccc2)NC(=O)CNC(=O)c2nc(sc2COC)[C@H](C(C)C)CC(=O)c2nc1sc2C. The normalized spacial score (nSPS) is 16.5. The second-order valence-corrected chi connectivity index (χ2v) is 24.9. The molecule has 0 spiro atoms. The number of hydrogen-bond acceptors (Lipinski definition) is 22. The van der Waals surface area contributed by atoms with Crippen LogP contribution in [0.25, 0.3) is 43.4 Å². The lowest BCUT2D eigenvalue weighted by molar-refractivity contribution is -0.137. The summed E-state index contributed by atoms with van der Waals surface area (Å²) in [6, 6.07) is 10.2. The molecule has 8 aromatic rings. The molecular weight excluding hydrogens is 1170 g/mol. The van der Waals surface area contributed by atoms with Crippen molar-refractivity contribution < 1.29 is 48.5 Å². The van der Waals surface area contributed by atoms with E-state index in [0.29, 0.717) is 79.5 Å². The van der Waals surface area contributed by atoms with Gasteiger partial charge in [-0.05, 0) is 37.0 Å². The van der Waals surface area contributed by atoms with Crippen LogP contribution in [0.15, 0.2) is 64.0 Å². The highest BCUT2D eigenvalue weighted by atomic mass is 32.1. The maximum atomic E-state index is 14.3. The minimum absolute atomic E-state index is 0.0154. The van der Waals surface area contributed by atoms with Crippen LogP contribution in [0.1, 0.15) is 132 Å². The number of Topliss-reactive ketones (excluding diaryl/α,β-unsaturated/α-hetero) is 1. The zero-order chi connectivity index (χ0) is 58.4. The van der Waals surface area contributed by atoms with Crippen LogP contribution >= 0.6 is 68.0 Å². The number of hydrogen-bond donors (Lipinski definition) is 6. The average Bonchev–Trinajstić information content (AvgIpc) is 4.44. The summed E-state index contributed by atoms with van der Waals surface area (Å²) < 4.78 is 5.46. The van der Waals surface area contributed by atoms with Crippen LogP contribution in [0.4, 0.5) is 5.82 Å². The first-order chi connectivity index (χ1) is 39.4. The second kappa shape index (κ2) is 26.2. The number of nitrogens with one attached hydrogen (secondary N) is 4. The number of pyridine rings is 1. The molecular formula is C54H54N12O10S6. The van der Waals surface area contributed by atoms with Crippen molar-refractivity contribution in [3.63, 3.8) is 0 Å². The van der Waals surface area contributed by atoms with Crippen LogP contribution in [0.2, 0.25) is 0 Å². The number of amides is 5. The van der Waals surface area contributed by atoms with Gasteiger partial charge < -0.3 is 36.2 Å². The summed E-state index contributed by atoms with van der Waals surface area (Å²) in [5.74, 6) is -4.15. The maximum Gasteiger partial charge on any atom is 0.303 e. The summed E-state index contributed by atoms with van der Waals surface area (Å²) in [5, 5.41) is 41.4. The van der Waals surface area contributed by atoms with Gasteiger partial charge in [-0.2, -0.15) is 0 Å². The fourth-order valence-corrected chi connectivity index (χ4v) is 14.3. The van der Waals surface area contributed by atoms with Gasteiger partial charge in [0.25, 0.3) is 11.8 Å². The van der Waals surface area contributed by atoms with E-state index in [1.807, 2.05) is 13.8 Å². The van der Waals surface area contributed by atoms with E-state index in [9.17, 15) is 38.7 Å². The molecule has 0 unspecified atom stereocenters. The number of carboxylic acids is 1. The van der Waals surface area contributed by atoms with Crippen molar-refractivity contribution in [2.45, 2.75) is 83.6 Å². The van der Waals surface area contributed by atoms with E-state index in [1.54, 1.807) is 78.0 Å². The molecule has 0 aliphatic carbocycles. The van der Waals surface area contributed by atoms with Gasteiger partial charge in [-0.3, -0.25) is 38.5 Å². The number of nitrogens with zero attached hydrogens (tertiary/aromatic N) is 8. The van der Waals surface area contributed by atoms with Crippen LogP contribution in [0.5, 0.6) is 0 Å². The van der Waals surface area contributed by atoms with Gasteiger partial charge in [-0.15, -0.1) is 68.0 Å². The van der Waals surface area contributed by atoms with Crippen molar-refractivity contribution in [1.29, 1.82) is 0 Å². The third kappa shape index (κ3) is 13.6. The number of carboxylic acid groups (broad SMARTS) is 1. The third-order valence-electron chi connectivity index (χ3n) is 13.1. The number of aliphatic hydroxyl groups excluding tert-OH is 1.